The number of aliphatic hydroxyl groups excluding tert-OH is 2. The number of Topliss-reactive ketones (excluding diaryl/α,β-unsaturated/α-hetero) is 1. The van der Waals surface area contributed by atoms with Crippen LogP contribution in [-0.2, 0) is 9.59 Å². The van der Waals surface area contributed by atoms with Gasteiger partial charge >= 0.3 is 5.97 Å². The molecule has 140 valence electrons. The molecule has 3 N–H and O–H groups in total. The summed E-state index contributed by atoms with van der Waals surface area (Å²) in [6.45, 7) is 2.11. The van der Waals surface area contributed by atoms with Crippen molar-refractivity contribution in [3.8, 4) is 0 Å². The van der Waals surface area contributed by atoms with E-state index in [4.69, 9.17) is 5.11 Å². The Bertz CT molecular complexity index is 506. The second kappa shape index (κ2) is 11.8. The molecular weight excluding hydrogens is 320 g/mol. The van der Waals surface area contributed by atoms with Crippen molar-refractivity contribution in [3.05, 3.63) is 36.5 Å². The van der Waals surface area contributed by atoms with E-state index in [1.807, 2.05) is 12.2 Å². The maximum absolute atomic E-state index is 12.1. The number of rotatable bonds is 11. The van der Waals surface area contributed by atoms with Crippen molar-refractivity contribution in [1.82, 2.24) is 0 Å². The topological polar surface area (TPSA) is 94.8 Å². The number of unbranched alkanes of at least 4 members (excludes halogenated alkanes) is 2. The number of allylic oxidation sites excluding steroid dienone is 4. The number of aliphatic hydroxyl groups is 2. The molecule has 0 aromatic rings. The van der Waals surface area contributed by atoms with Crippen molar-refractivity contribution in [3.63, 3.8) is 0 Å². The van der Waals surface area contributed by atoms with E-state index in [-0.39, 0.29) is 24.0 Å². The van der Waals surface area contributed by atoms with Crippen molar-refractivity contribution in [2.75, 3.05) is 0 Å². The van der Waals surface area contributed by atoms with Crippen LogP contribution < -0.4 is 0 Å². The fraction of sp³-hybridized carbons (Fsp3) is 0.600. The standard InChI is InChI=1S/C20H30O5/c1-2-3-6-9-15(21)12-13-17-16(18(22)14-19(17)23)10-7-4-5-8-11-20(24)25/h4,7-8,11-13,15-18,21-22H,2-3,5-6,9-10,14H2,1H3,(H,24,25)/b7-4-,11-8+,13-12+/t15-,16+,17+,18-/m0/s1. The molecule has 0 saturated heterocycles. The van der Waals surface area contributed by atoms with Gasteiger partial charge in [-0.2, -0.15) is 0 Å². The summed E-state index contributed by atoms with van der Waals surface area (Å²) < 4.78 is 0. The fourth-order valence-electron chi connectivity index (χ4n) is 3.07. The molecule has 1 rings (SSSR count). The summed E-state index contributed by atoms with van der Waals surface area (Å²) in [7, 11) is 0. The zero-order chi connectivity index (χ0) is 18.7. The molecular formula is C20H30O5. The summed E-state index contributed by atoms with van der Waals surface area (Å²) in [6, 6.07) is 0. The average Bonchev–Trinajstić information content (AvgIpc) is 2.82. The third-order valence-corrected chi connectivity index (χ3v) is 4.49. The molecule has 0 radical (unpaired) electrons. The molecule has 0 aliphatic heterocycles. The highest BCUT2D eigenvalue weighted by atomic mass is 16.4. The Hall–Kier alpha value is -1.72. The first-order valence-electron chi connectivity index (χ1n) is 9.07. The Kier molecular flexibility index (Phi) is 10.0. The van der Waals surface area contributed by atoms with Crippen LogP contribution in [0.15, 0.2) is 36.5 Å². The lowest BCUT2D eigenvalue weighted by Gasteiger charge is -2.17. The number of carbonyl (C=O) groups excluding carboxylic acids is 1. The molecule has 0 spiro atoms. The third kappa shape index (κ3) is 8.27. The Balaban J connectivity index is 2.53. The molecule has 0 bridgehead atoms. The van der Waals surface area contributed by atoms with E-state index in [9.17, 15) is 19.8 Å². The summed E-state index contributed by atoms with van der Waals surface area (Å²) >= 11 is 0. The van der Waals surface area contributed by atoms with Crippen molar-refractivity contribution in [2.45, 2.75) is 64.1 Å². The maximum Gasteiger partial charge on any atom is 0.327 e. The summed E-state index contributed by atoms with van der Waals surface area (Å²) in [5, 5.41) is 28.6. The van der Waals surface area contributed by atoms with Gasteiger partial charge in [-0.3, -0.25) is 4.79 Å². The van der Waals surface area contributed by atoms with Gasteiger partial charge in [0.05, 0.1) is 12.2 Å². The number of hydrogen-bond acceptors (Lipinski definition) is 4. The Morgan fingerprint density at radius 2 is 2.04 bits per heavy atom. The quantitative estimate of drug-likeness (QED) is 0.302. The summed E-state index contributed by atoms with van der Waals surface area (Å²) in [6.07, 6.45) is 13.6. The van der Waals surface area contributed by atoms with Crippen LogP contribution in [0, 0.1) is 11.8 Å². The SMILES string of the molecule is CCCCC[C@H](O)/C=C/[C@H]1C(=O)C[C@H](O)[C@@H]1C/C=C\C/C=C/C(=O)O. The largest absolute Gasteiger partial charge is 0.478 e. The van der Waals surface area contributed by atoms with Gasteiger partial charge in [-0.1, -0.05) is 56.6 Å². The van der Waals surface area contributed by atoms with Crippen molar-refractivity contribution >= 4 is 11.8 Å². The van der Waals surface area contributed by atoms with Crippen LogP contribution >= 0.6 is 0 Å². The molecule has 0 aromatic heterocycles. The van der Waals surface area contributed by atoms with Gasteiger partial charge in [0.25, 0.3) is 0 Å². The molecule has 1 saturated carbocycles. The van der Waals surface area contributed by atoms with Crippen LogP contribution in [0.4, 0.5) is 0 Å². The predicted molar refractivity (Wildman–Crippen MR) is 97.0 cm³/mol. The first-order valence-corrected chi connectivity index (χ1v) is 9.07. The minimum absolute atomic E-state index is 0.00804. The van der Waals surface area contributed by atoms with Crippen LogP contribution in [0.3, 0.4) is 0 Å². The van der Waals surface area contributed by atoms with Gasteiger partial charge in [0.1, 0.15) is 5.78 Å². The van der Waals surface area contributed by atoms with E-state index >= 15 is 0 Å². The average molecular weight is 350 g/mol. The summed E-state index contributed by atoms with van der Waals surface area (Å²) in [5.74, 6) is -1.53. The van der Waals surface area contributed by atoms with Gasteiger partial charge in [0.15, 0.2) is 0 Å². The molecule has 0 unspecified atom stereocenters. The maximum atomic E-state index is 12.1. The van der Waals surface area contributed by atoms with Crippen molar-refractivity contribution in [1.29, 1.82) is 0 Å². The Morgan fingerprint density at radius 1 is 1.28 bits per heavy atom. The molecule has 1 aliphatic carbocycles. The van der Waals surface area contributed by atoms with Gasteiger partial charge in [-0.25, -0.2) is 4.79 Å². The van der Waals surface area contributed by atoms with Crippen molar-refractivity contribution < 1.29 is 24.9 Å². The second-order valence-electron chi connectivity index (χ2n) is 6.56. The molecule has 4 atom stereocenters. The van der Waals surface area contributed by atoms with Gasteiger partial charge in [0, 0.05) is 24.3 Å². The first kappa shape index (κ1) is 21.3. The van der Waals surface area contributed by atoms with E-state index in [2.05, 4.69) is 6.92 Å². The van der Waals surface area contributed by atoms with Crippen LogP contribution in [0.2, 0.25) is 0 Å². The minimum atomic E-state index is -0.979. The molecule has 1 aliphatic rings. The zero-order valence-electron chi connectivity index (χ0n) is 14.9. The highest BCUT2D eigenvalue weighted by Gasteiger charge is 2.39. The normalized spacial score (nSPS) is 25.6. The van der Waals surface area contributed by atoms with Gasteiger partial charge < -0.3 is 15.3 Å². The second-order valence-corrected chi connectivity index (χ2v) is 6.56. The number of carboxylic acids is 1. The molecule has 5 heteroatoms. The lowest BCUT2D eigenvalue weighted by molar-refractivity contribution is -0.131. The monoisotopic (exact) mass is 350 g/mol. The van der Waals surface area contributed by atoms with E-state index in [0.29, 0.717) is 19.3 Å². The number of carboxylic acid groups (broad SMARTS) is 1. The van der Waals surface area contributed by atoms with E-state index in [1.165, 1.54) is 0 Å². The molecule has 25 heavy (non-hydrogen) atoms. The smallest absolute Gasteiger partial charge is 0.327 e. The highest BCUT2D eigenvalue weighted by Crippen LogP contribution is 2.33. The molecule has 0 heterocycles. The van der Waals surface area contributed by atoms with Crippen LogP contribution in [0.25, 0.3) is 0 Å². The highest BCUT2D eigenvalue weighted by molar-refractivity contribution is 5.86. The Morgan fingerprint density at radius 3 is 2.72 bits per heavy atom. The lowest BCUT2D eigenvalue weighted by atomic mass is 9.90. The van der Waals surface area contributed by atoms with Gasteiger partial charge in [0.2, 0.25) is 0 Å². The fourth-order valence-corrected chi connectivity index (χ4v) is 3.07. The van der Waals surface area contributed by atoms with Gasteiger partial charge in [-0.05, 0) is 19.3 Å². The number of carbonyl (C=O) groups is 2. The van der Waals surface area contributed by atoms with Gasteiger partial charge in [-0.15, -0.1) is 0 Å². The zero-order valence-corrected chi connectivity index (χ0v) is 14.9. The summed E-state index contributed by atoms with van der Waals surface area (Å²) in [4.78, 5) is 22.4. The molecule has 0 amide bonds. The Labute approximate surface area is 149 Å². The molecule has 0 aromatic carbocycles. The minimum Gasteiger partial charge on any atom is -0.478 e. The van der Waals surface area contributed by atoms with E-state index in [0.717, 1.165) is 25.3 Å². The van der Waals surface area contributed by atoms with Crippen LogP contribution in [0.1, 0.15) is 51.9 Å². The van der Waals surface area contributed by atoms with Crippen LogP contribution in [0.5, 0.6) is 0 Å². The number of hydrogen-bond donors (Lipinski definition) is 3. The molecule has 5 nitrogen and oxygen atoms in total. The summed E-state index contributed by atoms with van der Waals surface area (Å²) in [5.41, 5.74) is 0. The predicted octanol–water partition coefficient (Wildman–Crippen LogP) is 3.03. The third-order valence-electron chi connectivity index (χ3n) is 4.49. The number of ketones is 1. The first-order chi connectivity index (χ1) is 12.0. The molecule has 1 fully saturated rings. The van der Waals surface area contributed by atoms with Crippen LogP contribution in [-0.4, -0.2) is 39.3 Å². The number of aliphatic carboxylic acids is 1. The van der Waals surface area contributed by atoms with Crippen molar-refractivity contribution in [2.24, 2.45) is 11.8 Å². The lowest BCUT2D eigenvalue weighted by Crippen LogP contribution is -2.19. The van der Waals surface area contributed by atoms with E-state index in [1.54, 1.807) is 18.2 Å². The van der Waals surface area contributed by atoms with E-state index < -0.39 is 18.2 Å².